The first kappa shape index (κ1) is 37.1. The van der Waals surface area contributed by atoms with Crippen LogP contribution in [0.1, 0.15) is 125 Å². The van der Waals surface area contributed by atoms with Gasteiger partial charge in [0.05, 0.1) is 28.0 Å². The predicted octanol–water partition coefficient (Wildman–Crippen LogP) is 16.3. The van der Waals surface area contributed by atoms with Crippen LogP contribution in [0.25, 0.3) is 72.7 Å². The molecule has 6 aromatic carbocycles. The first-order chi connectivity index (χ1) is 32.4. The minimum atomic E-state index is -2.52. The van der Waals surface area contributed by atoms with Crippen LogP contribution in [0.15, 0.2) is 134 Å². The topological polar surface area (TPSA) is 50.9 Å². The number of benzene rings is 6. The number of nitrogens with zero attached hydrogens (tertiary/aromatic N) is 3. The van der Waals surface area contributed by atoms with Gasteiger partial charge in [-0.1, -0.05) is 168 Å². The van der Waals surface area contributed by atoms with E-state index in [1.807, 2.05) is 65.2 Å². The maximum Gasteiger partial charge on any atom is 0.149 e. The van der Waals surface area contributed by atoms with Gasteiger partial charge in [-0.3, -0.25) is 9.55 Å². The van der Waals surface area contributed by atoms with Gasteiger partial charge < -0.3 is 5.11 Å². The van der Waals surface area contributed by atoms with E-state index >= 15 is 0 Å². The molecule has 0 saturated heterocycles. The number of para-hydroxylation sites is 1. The monoisotopic (exact) mass is 850 g/mol. The van der Waals surface area contributed by atoms with Crippen molar-refractivity contribution in [3.05, 3.63) is 167 Å². The number of imidazole rings is 1. The SMILES string of the molecule is [2H]C([2H])([2H])c1ccc(-c2ccnc(-c3cc(-c4cccc5c4nc(-c4cc(C(C)(C)C)cc(C(C)(C)C)c4O)n5-c4ccc(-c5ccc(C(C)(C)C)cc5)cc4C([2H])([2H])[2H])cc(C(C)(C)C)c3)c2)cc1. The number of rotatable bonds is 6. The number of phenolic OH excluding ortho intramolecular Hbond substituents is 1. The van der Waals surface area contributed by atoms with E-state index in [4.69, 9.17) is 18.2 Å². The molecule has 8 rings (SSSR count). The van der Waals surface area contributed by atoms with Crippen molar-refractivity contribution in [2.24, 2.45) is 0 Å². The van der Waals surface area contributed by atoms with Gasteiger partial charge in [-0.25, -0.2) is 4.98 Å². The molecule has 2 heterocycles. The molecule has 0 spiro atoms. The Hall–Kier alpha value is -6.26. The first-order valence-electron chi connectivity index (χ1n) is 25.3. The van der Waals surface area contributed by atoms with Crippen molar-refractivity contribution in [3.8, 4) is 67.5 Å². The van der Waals surface area contributed by atoms with Gasteiger partial charge in [-0.05, 0) is 134 Å². The van der Waals surface area contributed by atoms with Gasteiger partial charge >= 0.3 is 0 Å². The predicted molar refractivity (Wildman–Crippen MR) is 272 cm³/mol. The zero-order valence-corrected chi connectivity index (χ0v) is 39.5. The van der Waals surface area contributed by atoms with Crippen LogP contribution in [0.5, 0.6) is 5.75 Å². The summed E-state index contributed by atoms with van der Waals surface area (Å²) in [5.41, 5.74) is 12.6. The number of hydrogen-bond donors (Lipinski definition) is 1. The molecule has 0 amide bonds. The van der Waals surface area contributed by atoms with Gasteiger partial charge in [-0.15, -0.1) is 0 Å². The zero-order chi connectivity index (χ0) is 51.1. The molecule has 326 valence electrons. The highest BCUT2D eigenvalue weighted by atomic mass is 16.3. The maximum absolute atomic E-state index is 12.5. The lowest BCUT2D eigenvalue weighted by molar-refractivity contribution is 0.446. The molecule has 0 aliphatic rings. The summed E-state index contributed by atoms with van der Waals surface area (Å²) in [4.78, 5) is 10.4. The van der Waals surface area contributed by atoms with Crippen LogP contribution in [-0.4, -0.2) is 19.6 Å². The number of hydrogen-bond acceptors (Lipinski definition) is 3. The van der Waals surface area contributed by atoms with E-state index in [-0.39, 0.29) is 33.1 Å². The molecule has 2 aromatic heterocycles. The molecule has 0 radical (unpaired) electrons. The van der Waals surface area contributed by atoms with E-state index in [2.05, 4.69) is 132 Å². The van der Waals surface area contributed by atoms with Crippen molar-refractivity contribution in [1.29, 1.82) is 0 Å². The van der Waals surface area contributed by atoms with Crippen LogP contribution in [0.4, 0.5) is 0 Å². The summed E-state index contributed by atoms with van der Waals surface area (Å²) in [6, 6.07) is 41.5. The summed E-state index contributed by atoms with van der Waals surface area (Å²) in [5, 5.41) is 12.5. The Morgan fingerprint density at radius 3 is 1.73 bits per heavy atom. The summed E-state index contributed by atoms with van der Waals surface area (Å²) in [6.45, 7) is 21.0. The molecular weight excluding hydrogens is 779 g/mol. The molecule has 0 unspecified atom stereocenters. The Kier molecular flexibility index (Phi) is 9.33. The van der Waals surface area contributed by atoms with Crippen molar-refractivity contribution in [3.63, 3.8) is 0 Å². The van der Waals surface area contributed by atoms with Crippen LogP contribution in [-0.2, 0) is 21.7 Å². The van der Waals surface area contributed by atoms with Crippen molar-refractivity contribution >= 4 is 11.0 Å². The van der Waals surface area contributed by atoms with Crippen LogP contribution in [0.2, 0.25) is 0 Å². The van der Waals surface area contributed by atoms with Gasteiger partial charge in [0, 0.05) is 31.1 Å². The molecule has 64 heavy (non-hydrogen) atoms. The molecule has 1 N–H and O–H groups in total. The van der Waals surface area contributed by atoms with Crippen LogP contribution >= 0.6 is 0 Å². The Morgan fingerprint density at radius 2 is 1.11 bits per heavy atom. The second-order valence-electron chi connectivity index (χ2n) is 21.5. The number of fused-ring (bicyclic) bond motifs is 1. The largest absolute Gasteiger partial charge is 0.507 e. The molecule has 0 aliphatic carbocycles. The molecule has 8 aromatic rings. The Bertz CT molecular complexity index is 3260. The highest BCUT2D eigenvalue weighted by molar-refractivity contribution is 5.97. The van der Waals surface area contributed by atoms with Crippen LogP contribution in [0.3, 0.4) is 0 Å². The van der Waals surface area contributed by atoms with E-state index in [1.165, 1.54) is 5.56 Å². The Labute approximate surface area is 390 Å². The lowest BCUT2D eigenvalue weighted by atomic mass is 9.79. The normalized spacial score (nSPS) is 14.4. The average Bonchev–Trinajstić information content (AvgIpc) is 3.66. The number of aryl methyl sites for hydroxylation is 2. The van der Waals surface area contributed by atoms with Gasteiger partial charge in [0.25, 0.3) is 0 Å². The third-order valence-electron chi connectivity index (χ3n) is 12.4. The fourth-order valence-corrected chi connectivity index (χ4v) is 8.43. The summed E-state index contributed by atoms with van der Waals surface area (Å²) < 4.78 is 52.6. The highest BCUT2D eigenvalue weighted by Crippen LogP contribution is 2.45. The molecule has 0 aliphatic heterocycles. The minimum absolute atomic E-state index is 0.0386. The quantitative estimate of drug-likeness (QED) is 0.181. The zero-order valence-electron chi connectivity index (χ0n) is 45.5. The summed E-state index contributed by atoms with van der Waals surface area (Å²) in [6.07, 6.45) is 1.78. The summed E-state index contributed by atoms with van der Waals surface area (Å²) >= 11 is 0. The smallest absolute Gasteiger partial charge is 0.149 e. The fourth-order valence-electron chi connectivity index (χ4n) is 8.43. The van der Waals surface area contributed by atoms with Crippen LogP contribution < -0.4 is 0 Å². The third kappa shape index (κ3) is 8.68. The van der Waals surface area contributed by atoms with Gasteiger partial charge in [-0.2, -0.15) is 0 Å². The minimum Gasteiger partial charge on any atom is -0.507 e. The fraction of sp³-hybridized carbons (Fsp3) is 0.300. The van der Waals surface area contributed by atoms with Gasteiger partial charge in [0.1, 0.15) is 11.6 Å². The van der Waals surface area contributed by atoms with E-state index in [0.717, 1.165) is 61.3 Å². The van der Waals surface area contributed by atoms with Gasteiger partial charge in [0.2, 0.25) is 0 Å². The Balaban J connectivity index is 1.40. The second kappa shape index (κ2) is 16.1. The first-order valence-corrected chi connectivity index (χ1v) is 22.3. The van der Waals surface area contributed by atoms with E-state index in [1.54, 1.807) is 24.4 Å². The van der Waals surface area contributed by atoms with Crippen molar-refractivity contribution < 1.29 is 13.3 Å². The average molecular weight is 850 g/mol. The third-order valence-corrected chi connectivity index (χ3v) is 12.4. The second-order valence-corrected chi connectivity index (χ2v) is 21.5. The number of aromatic nitrogens is 3. The Morgan fingerprint density at radius 1 is 0.500 bits per heavy atom. The molecule has 0 atom stereocenters. The number of phenols is 1. The number of pyridine rings is 1. The van der Waals surface area contributed by atoms with Crippen molar-refractivity contribution in [1.82, 2.24) is 14.5 Å². The lowest BCUT2D eigenvalue weighted by Gasteiger charge is -2.27. The molecule has 0 fully saturated rings. The molecule has 4 nitrogen and oxygen atoms in total. The van der Waals surface area contributed by atoms with E-state index < -0.39 is 19.1 Å². The maximum atomic E-state index is 12.5. The summed E-state index contributed by atoms with van der Waals surface area (Å²) in [5.74, 6) is 0.524. The van der Waals surface area contributed by atoms with E-state index in [0.29, 0.717) is 28.1 Å². The lowest BCUT2D eigenvalue weighted by Crippen LogP contribution is -2.17. The molecule has 0 saturated carbocycles. The van der Waals surface area contributed by atoms with Crippen molar-refractivity contribution in [2.45, 2.75) is 118 Å². The van der Waals surface area contributed by atoms with Gasteiger partial charge in [0.15, 0.2) is 0 Å². The molecular formula is C60H65N3O. The van der Waals surface area contributed by atoms with Crippen molar-refractivity contribution in [2.75, 3.05) is 0 Å². The summed E-state index contributed by atoms with van der Waals surface area (Å²) in [7, 11) is 0. The number of aromatic hydroxyl groups is 1. The molecule has 4 heteroatoms. The highest BCUT2D eigenvalue weighted by Gasteiger charge is 2.29. The molecule has 0 bridgehead atoms. The van der Waals surface area contributed by atoms with Crippen LogP contribution in [0, 0.1) is 13.7 Å². The standard InChI is InChI=1S/C60H65N3O/c1-37-18-20-39(21-19-37)42-28-29-61-51(34-42)44-31-43(32-46(33-44)58(6,7)8)48-16-15-17-53-54(48)62-56(49-35-47(59(9,10)11)36-50(55(49)64)60(12,13)14)63(53)52-27-24-41(30-38(52)2)40-22-25-45(26-23-40)57(3,4)5/h15-36,64H,1-14H3/i1D3,2D3. The van der Waals surface area contributed by atoms with E-state index in [9.17, 15) is 5.11 Å².